The van der Waals surface area contributed by atoms with Gasteiger partial charge in [0.2, 0.25) is 0 Å². The molecule has 0 saturated carbocycles. The van der Waals surface area contributed by atoms with E-state index in [1.165, 1.54) is 17.7 Å². The smallest absolute Gasteiger partial charge is 0.123 e. The molecule has 0 fully saturated rings. The lowest BCUT2D eigenvalue weighted by Crippen LogP contribution is -1.85. The molecule has 75 valence electrons. The summed E-state index contributed by atoms with van der Waals surface area (Å²) in [6.07, 6.45) is 2.03. The minimum absolute atomic E-state index is 0.198. The van der Waals surface area contributed by atoms with Crippen molar-refractivity contribution in [3.05, 3.63) is 77.5 Å². The Labute approximate surface area is 89.4 Å². The van der Waals surface area contributed by atoms with E-state index < -0.39 is 0 Å². The summed E-state index contributed by atoms with van der Waals surface area (Å²) in [6.45, 7) is 2.06. The van der Waals surface area contributed by atoms with E-state index in [1.54, 1.807) is 12.1 Å². The van der Waals surface area contributed by atoms with Crippen molar-refractivity contribution in [2.45, 2.75) is 6.92 Å². The molecule has 15 heavy (non-hydrogen) atoms. The van der Waals surface area contributed by atoms with Crippen LogP contribution >= 0.6 is 0 Å². The van der Waals surface area contributed by atoms with Crippen molar-refractivity contribution < 1.29 is 4.39 Å². The van der Waals surface area contributed by atoms with Crippen molar-refractivity contribution >= 4 is 0 Å². The van der Waals surface area contributed by atoms with Gasteiger partial charge in [-0.2, -0.15) is 0 Å². The Morgan fingerprint density at radius 3 is 1.80 bits per heavy atom. The summed E-state index contributed by atoms with van der Waals surface area (Å²) in [5.41, 5.74) is 3.39. The maximum atomic E-state index is 12.7. The summed E-state index contributed by atoms with van der Waals surface area (Å²) in [5, 5.41) is 0. The molecule has 1 radical (unpaired) electrons. The van der Waals surface area contributed by atoms with Crippen molar-refractivity contribution in [3.8, 4) is 0 Å². The number of hydrogen-bond acceptors (Lipinski definition) is 0. The highest BCUT2D eigenvalue weighted by Gasteiger charge is 1.97. The largest absolute Gasteiger partial charge is 0.207 e. The summed E-state index contributed by atoms with van der Waals surface area (Å²) in [5.74, 6) is -0.198. The Morgan fingerprint density at radius 1 is 0.800 bits per heavy atom. The molecule has 0 atom stereocenters. The molecule has 2 aromatic carbocycles. The summed E-state index contributed by atoms with van der Waals surface area (Å²) in [7, 11) is 0. The minimum atomic E-state index is -0.198. The molecule has 0 amide bonds. The van der Waals surface area contributed by atoms with Crippen LogP contribution in [0.2, 0.25) is 0 Å². The summed E-state index contributed by atoms with van der Waals surface area (Å²) in [6, 6.07) is 14.7. The van der Waals surface area contributed by atoms with Gasteiger partial charge < -0.3 is 0 Å². The first-order chi connectivity index (χ1) is 7.24. The van der Waals surface area contributed by atoms with E-state index >= 15 is 0 Å². The molecule has 0 N–H and O–H groups in total. The molecule has 0 bridgehead atoms. The van der Waals surface area contributed by atoms with Crippen LogP contribution < -0.4 is 0 Å². The monoisotopic (exact) mass is 199 g/mol. The van der Waals surface area contributed by atoms with E-state index in [0.29, 0.717) is 0 Å². The van der Waals surface area contributed by atoms with Gasteiger partial charge >= 0.3 is 0 Å². The highest BCUT2D eigenvalue weighted by molar-refractivity contribution is 5.37. The molecule has 2 aromatic rings. The lowest BCUT2D eigenvalue weighted by atomic mass is 10.0. The molecule has 0 aliphatic carbocycles. The molecular formula is C14H12F. The van der Waals surface area contributed by atoms with Crippen molar-refractivity contribution in [1.82, 2.24) is 0 Å². The Hall–Kier alpha value is -1.63. The summed E-state index contributed by atoms with van der Waals surface area (Å²) < 4.78 is 12.7. The number of rotatable bonds is 2. The molecule has 0 aliphatic rings. The van der Waals surface area contributed by atoms with E-state index in [-0.39, 0.29) is 5.82 Å². The highest BCUT2D eigenvalue weighted by atomic mass is 19.1. The predicted octanol–water partition coefficient (Wildman–Crippen LogP) is 3.73. The maximum absolute atomic E-state index is 12.7. The van der Waals surface area contributed by atoms with Gasteiger partial charge in [0.05, 0.1) is 0 Å². The molecular weight excluding hydrogens is 187 g/mol. The average Bonchev–Trinajstić information content (AvgIpc) is 2.25. The van der Waals surface area contributed by atoms with E-state index in [9.17, 15) is 4.39 Å². The third kappa shape index (κ3) is 2.66. The van der Waals surface area contributed by atoms with Gasteiger partial charge in [-0.05, 0) is 30.2 Å². The standard InChI is InChI=1S/C14H12F/c1-11-2-4-12(5-3-11)10-13-6-8-14(15)9-7-13/h2-10H,1H3. The summed E-state index contributed by atoms with van der Waals surface area (Å²) in [4.78, 5) is 0. The number of benzene rings is 2. The first-order valence-corrected chi connectivity index (χ1v) is 4.91. The van der Waals surface area contributed by atoms with E-state index in [1.807, 2.05) is 6.42 Å². The molecule has 0 aliphatic heterocycles. The van der Waals surface area contributed by atoms with Crippen LogP contribution in [0.25, 0.3) is 0 Å². The minimum Gasteiger partial charge on any atom is -0.207 e. The van der Waals surface area contributed by atoms with Gasteiger partial charge in [0.1, 0.15) is 5.82 Å². The lowest BCUT2D eigenvalue weighted by molar-refractivity contribution is 0.627. The van der Waals surface area contributed by atoms with Crippen LogP contribution in [-0.2, 0) is 0 Å². The first kappa shape index (κ1) is 9.91. The van der Waals surface area contributed by atoms with Crippen molar-refractivity contribution in [3.63, 3.8) is 0 Å². The van der Waals surface area contributed by atoms with Crippen LogP contribution in [0.15, 0.2) is 48.5 Å². The SMILES string of the molecule is Cc1ccc([CH]c2ccc(F)cc2)cc1. The second-order valence-electron chi connectivity index (χ2n) is 3.61. The van der Waals surface area contributed by atoms with E-state index in [2.05, 4.69) is 31.2 Å². The number of aryl methyl sites for hydroxylation is 1. The third-order valence-corrected chi connectivity index (χ3v) is 2.28. The molecule has 1 heteroatoms. The normalized spacial score (nSPS) is 10.3. The maximum Gasteiger partial charge on any atom is 0.123 e. The fourth-order valence-electron chi connectivity index (χ4n) is 1.41. The second-order valence-corrected chi connectivity index (χ2v) is 3.61. The quantitative estimate of drug-likeness (QED) is 0.691. The van der Waals surface area contributed by atoms with Crippen LogP contribution in [0.3, 0.4) is 0 Å². The predicted molar refractivity (Wildman–Crippen MR) is 60.1 cm³/mol. The Balaban J connectivity index is 2.15. The van der Waals surface area contributed by atoms with E-state index in [0.717, 1.165) is 11.1 Å². The number of halogens is 1. The van der Waals surface area contributed by atoms with Crippen LogP contribution in [0, 0.1) is 19.2 Å². The fourth-order valence-corrected chi connectivity index (χ4v) is 1.41. The van der Waals surface area contributed by atoms with Gasteiger partial charge in [-0.15, -0.1) is 0 Å². The molecule has 0 spiro atoms. The van der Waals surface area contributed by atoms with Crippen LogP contribution in [-0.4, -0.2) is 0 Å². The third-order valence-electron chi connectivity index (χ3n) is 2.28. The number of hydrogen-bond donors (Lipinski definition) is 0. The Morgan fingerprint density at radius 2 is 1.27 bits per heavy atom. The Bertz CT molecular complexity index is 382. The van der Waals surface area contributed by atoms with E-state index in [4.69, 9.17) is 0 Å². The topological polar surface area (TPSA) is 0 Å². The Kier molecular flexibility index (Phi) is 2.82. The van der Waals surface area contributed by atoms with Gasteiger partial charge in [-0.1, -0.05) is 42.0 Å². The average molecular weight is 199 g/mol. The van der Waals surface area contributed by atoms with Crippen molar-refractivity contribution in [1.29, 1.82) is 0 Å². The molecule has 0 nitrogen and oxygen atoms in total. The van der Waals surface area contributed by atoms with Crippen molar-refractivity contribution in [2.75, 3.05) is 0 Å². The highest BCUT2D eigenvalue weighted by Crippen LogP contribution is 2.13. The van der Waals surface area contributed by atoms with Gasteiger partial charge in [-0.3, -0.25) is 0 Å². The van der Waals surface area contributed by atoms with Crippen LogP contribution in [0.4, 0.5) is 4.39 Å². The van der Waals surface area contributed by atoms with Crippen LogP contribution in [0.1, 0.15) is 16.7 Å². The molecule has 0 heterocycles. The lowest BCUT2D eigenvalue weighted by Gasteiger charge is -2.01. The van der Waals surface area contributed by atoms with Gasteiger partial charge in [0, 0.05) is 6.42 Å². The van der Waals surface area contributed by atoms with Crippen molar-refractivity contribution in [2.24, 2.45) is 0 Å². The summed E-state index contributed by atoms with van der Waals surface area (Å²) >= 11 is 0. The zero-order valence-corrected chi connectivity index (χ0v) is 8.57. The van der Waals surface area contributed by atoms with Gasteiger partial charge in [0.25, 0.3) is 0 Å². The molecule has 0 unspecified atom stereocenters. The zero-order chi connectivity index (χ0) is 10.7. The van der Waals surface area contributed by atoms with Crippen LogP contribution in [0.5, 0.6) is 0 Å². The fraction of sp³-hybridized carbons (Fsp3) is 0.0714. The second kappa shape index (κ2) is 4.26. The van der Waals surface area contributed by atoms with Gasteiger partial charge in [0.15, 0.2) is 0 Å². The molecule has 0 saturated heterocycles. The molecule has 0 aromatic heterocycles. The first-order valence-electron chi connectivity index (χ1n) is 4.91. The van der Waals surface area contributed by atoms with Gasteiger partial charge in [-0.25, -0.2) is 4.39 Å². The molecule has 2 rings (SSSR count). The zero-order valence-electron chi connectivity index (χ0n) is 8.57.